The molecule has 1 N–H and O–H groups in total. The van der Waals surface area contributed by atoms with Gasteiger partial charge >= 0.3 is 5.97 Å². The van der Waals surface area contributed by atoms with Crippen molar-refractivity contribution in [1.82, 2.24) is 0 Å². The number of ether oxygens (including phenoxy) is 1. The number of carbonyl (C=O) groups excluding carboxylic acids is 1. The Kier molecular flexibility index (Phi) is 4.38. The van der Waals surface area contributed by atoms with E-state index in [1.54, 1.807) is 6.92 Å². The maximum absolute atomic E-state index is 11.8. The summed E-state index contributed by atoms with van der Waals surface area (Å²) in [5.41, 5.74) is 1.11. The Morgan fingerprint density at radius 1 is 1.44 bits per heavy atom. The molecule has 0 aliphatic carbocycles. The van der Waals surface area contributed by atoms with Gasteiger partial charge in [-0.2, -0.15) is 0 Å². The number of hydrogen-bond acceptors (Lipinski definition) is 3. The molecule has 1 rings (SSSR count). The van der Waals surface area contributed by atoms with Gasteiger partial charge < -0.3 is 10.1 Å². The normalized spacial score (nSPS) is 12.4. The molecule has 0 saturated heterocycles. The summed E-state index contributed by atoms with van der Waals surface area (Å²) in [5, 5.41) is 3.07. The third-order valence-corrected chi connectivity index (χ3v) is 2.17. The molecule has 0 radical (unpaired) electrons. The summed E-state index contributed by atoms with van der Waals surface area (Å²) in [6.07, 6.45) is 5.32. The summed E-state index contributed by atoms with van der Waals surface area (Å²) in [4.78, 5) is 11.8. The van der Waals surface area contributed by atoms with Gasteiger partial charge in [0.25, 0.3) is 0 Å². The zero-order valence-electron chi connectivity index (χ0n) is 11.3. The predicted octanol–water partition coefficient (Wildman–Crippen LogP) is 2.81. The zero-order valence-corrected chi connectivity index (χ0v) is 11.3. The van der Waals surface area contributed by atoms with Crippen molar-refractivity contribution >= 4 is 11.7 Å². The van der Waals surface area contributed by atoms with Crippen LogP contribution in [0.25, 0.3) is 0 Å². The Bertz CT molecular complexity index is 466. The zero-order chi connectivity index (χ0) is 13.8. The Morgan fingerprint density at radius 3 is 2.67 bits per heavy atom. The molecule has 1 aromatic carbocycles. The highest BCUT2D eigenvalue weighted by molar-refractivity contribution is 5.79. The van der Waals surface area contributed by atoms with Crippen LogP contribution in [0, 0.1) is 12.3 Å². The summed E-state index contributed by atoms with van der Waals surface area (Å²) >= 11 is 0. The third-order valence-electron chi connectivity index (χ3n) is 2.17. The molecule has 3 nitrogen and oxygen atoms in total. The second kappa shape index (κ2) is 5.59. The lowest BCUT2D eigenvalue weighted by Crippen LogP contribution is -2.34. The average Bonchev–Trinajstić information content (AvgIpc) is 2.27. The number of benzene rings is 1. The highest BCUT2D eigenvalue weighted by Crippen LogP contribution is 2.13. The maximum Gasteiger partial charge on any atom is 0.328 e. The fourth-order valence-corrected chi connectivity index (χ4v) is 1.40. The monoisotopic (exact) mass is 245 g/mol. The average molecular weight is 245 g/mol. The van der Waals surface area contributed by atoms with Crippen molar-refractivity contribution in [2.75, 3.05) is 5.32 Å². The van der Waals surface area contributed by atoms with Crippen molar-refractivity contribution in [3.05, 3.63) is 29.8 Å². The molecule has 0 saturated carbocycles. The highest BCUT2D eigenvalue weighted by Gasteiger charge is 2.21. The van der Waals surface area contributed by atoms with Crippen LogP contribution >= 0.6 is 0 Å². The topological polar surface area (TPSA) is 38.3 Å². The molecule has 0 aromatic heterocycles. The number of terminal acetylenes is 1. The molecular formula is C15H19NO2. The molecule has 0 fully saturated rings. The number of esters is 1. The summed E-state index contributed by atoms with van der Waals surface area (Å²) in [7, 11) is 0. The van der Waals surface area contributed by atoms with Crippen LogP contribution in [0.1, 0.15) is 33.3 Å². The lowest BCUT2D eigenvalue weighted by atomic mass is 10.2. The van der Waals surface area contributed by atoms with E-state index in [-0.39, 0.29) is 5.97 Å². The Balaban J connectivity index is 2.67. The van der Waals surface area contributed by atoms with Gasteiger partial charge in [0.1, 0.15) is 11.6 Å². The van der Waals surface area contributed by atoms with Crippen molar-refractivity contribution < 1.29 is 9.53 Å². The SMILES string of the molecule is C#Cc1cccc(NC(C)C(=O)OC(C)(C)C)c1. The highest BCUT2D eigenvalue weighted by atomic mass is 16.6. The number of hydrogen-bond donors (Lipinski definition) is 1. The Morgan fingerprint density at radius 2 is 2.11 bits per heavy atom. The molecule has 0 spiro atoms. The van der Waals surface area contributed by atoms with Gasteiger partial charge in [0.05, 0.1) is 0 Å². The molecule has 0 bridgehead atoms. The van der Waals surface area contributed by atoms with Crippen LogP contribution in [0.5, 0.6) is 0 Å². The summed E-state index contributed by atoms with van der Waals surface area (Å²) in [6.45, 7) is 7.29. The molecule has 3 heteroatoms. The van der Waals surface area contributed by atoms with Crippen LogP contribution in [0.15, 0.2) is 24.3 Å². The van der Waals surface area contributed by atoms with Crippen LogP contribution in [-0.2, 0) is 9.53 Å². The fourth-order valence-electron chi connectivity index (χ4n) is 1.40. The van der Waals surface area contributed by atoms with Gasteiger partial charge in [-0.1, -0.05) is 12.0 Å². The number of carbonyl (C=O) groups is 1. The lowest BCUT2D eigenvalue weighted by molar-refractivity contribution is -0.155. The maximum atomic E-state index is 11.8. The van der Waals surface area contributed by atoms with Gasteiger partial charge in [-0.3, -0.25) is 0 Å². The van der Waals surface area contributed by atoms with E-state index in [4.69, 9.17) is 11.2 Å². The van der Waals surface area contributed by atoms with E-state index in [1.807, 2.05) is 45.0 Å². The van der Waals surface area contributed by atoms with E-state index in [2.05, 4.69) is 11.2 Å². The minimum Gasteiger partial charge on any atom is -0.458 e. The van der Waals surface area contributed by atoms with E-state index in [0.29, 0.717) is 0 Å². The van der Waals surface area contributed by atoms with Crippen molar-refractivity contribution in [3.8, 4) is 12.3 Å². The molecule has 0 amide bonds. The molecule has 0 aliphatic rings. The first-order valence-electron chi connectivity index (χ1n) is 5.88. The van der Waals surface area contributed by atoms with Crippen LogP contribution < -0.4 is 5.32 Å². The van der Waals surface area contributed by atoms with Crippen LogP contribution in [0.2, 0.25) is 0 Å². The van der Waals surface area contributed by atoms with Gasteiger partial charge in [0.2, 0.25) is 0 Å². The van der Waals surface area contributed by atoms with Crippen molar-refractivity contribution in [2.24, 2.45) is 0 Å². The van der Waals surface area contributed by atoms with Gasteiger partial charge in [0, 0.05) is 11.3 Å². The third kappa shape index (κ3) is 4.50. The number of rotatable bonds is 3. The molecule has 1 atom stereocenters. The Hall–Kier alpha value is -1.95. The second-order valence-electron chi connectivity index (χ2n) is 5.12. The second-order valence-corrected chi connectivity index (χ2v) is 5.12. The van der Waals surface area contributed by atoms with Gasteiger partial charge in [-0.05, 0) is 45.9 Å². The number of anilines is 1. The first-order valence-corrected chi connectivity index (χ1v) is 5.88. The van der Waals surface area contributed by atoms with Gasteiger partial charge in [-0.15, -0.1) is 6.42 Å². The lowest BCUT2D eigenvalue weighted by Gasteiger charge is -2.23. The molecule has 96 valence electrons. The van der Waals surface area contributed by atoms with Crippen LogP contribution in [0.4, 0.5) is 5.69 Å². The molecule has 18 heavy (non-hydrogen) atoms. The minimum atomic E-state index is -0.478. The van der Waals surface area contributed by atoms with Crippen molar-refractivity contribution in [2.45, 2.75) is 39.3 Å². The van der Waals surface area contributed by atoms with E-state index >= 15 is 0 Å². The van der Waals surface area contributed by atoms with Crippen LogP contribution in [-0.4, -0.2) is 17.6 Å². The van der Waals surface area contributed by atoms with E-state index in [0.717, 1.165) is 11.3 Å². The molecule has 0 aliphatic heterocycles. The standard InChI is InChI=1S/C15H19NO2/c1-6-12-8-7-9-13(10-12)16-11(2)14(17)18-15(3,4)5/h1,7-11,16H,2-5H3. The molecule has 1 unspecified atom stereocenters. The van der Waals surface area contributed by atoms with Crippen molar-refractivity contribution in [1.29, 1.82) is 0 Å². The molecular weight excluding hydrogens is 226 g/mol. The Labute approximate surface area is 109 Å². The van der Waals surface area contributed by atoms with Crippen LogP contribution in [0.3, 0.4) is 0 Å². The fraction of sp³-hybridized carbons (Fsp3) is 0.400. The summed E-state index contributed by atoms with van der Waals surface area (Å²) in [5.74, 6) is 2.27. The number of nitrogens with one attached hydrogen (secondary N) is 1. The van der Waals surface area contributed by atoms with E-state index in [1.165, 1.54) is 0 Å². The molecule has 0 heterocycles. The van der Waals surface area contributed by atoms with E-state index in [9.17, 15) is 4.79 Å². The van der Waals surface area contributed by atoms with Crippen molar-refractivity contribution in [3.63, 3.8) is 0 Å². The summed E-state index contributed by atoms with van der Waals surface area (Å²) < 4.78 is 5.29. The smallest absolute Gasteiger partial charge is 0.328 e. The van der Waals surface area contributed by atoms with Gasteiger partial charge in [0.15, 0.2) is 0 Å². The quantitative estimate of drug-likeness (QED) is 0.657. The minimum absolute atomic E-state index is 0.284. The first-order chi connectivity index (χ1) is 8.31. The van der Waals surface area contributed by atoms with E-state index < -0.39 is 11.6 Å². The molecule has 1 aromatic rings. The first kappa shape index (κ1) is 14.1. The largest absolute Gasteiger partial charge is 0.458 e. The summed E-state index contributed by atoms with van der Waals surface area (Å²) in [6, 6.07) is 6.95. The predicted molar refractivity (Wildman–Crippen MR) is 73.3 cm³/mol. The van der Waals surface area contributed by atoms with Gasteiger partial charge in [-0.25, -0.2) is 4.79 Å².